The molecule has 0 bridgehead atoms. The average Bonchev–Trinajstić information content (AvgIpc) is 3.78. The van der Waals surface area contributed by atoms with Gasteiger partial charge in [-0.15, -0.1) is 22.7 Å². The van der Waals surface area contributed by atoms with Crippen LogP contribution in [0.2, 0.25) is 0 Å². The third-order valence-electron chi connectivity index (χ3n) is 5.77. The zero-order valence-electron chi connectivity index (χ0n) is 22.9. The minimum absolute atomic E-state index is 0.00507. The van der Waals surface area contributed by atoms with Crippen molar-refractivity contribution >= 4 is 54.7 Å². The number of halogens is 2. The summed E-state index contributed by atoms with van der Waals surface area (Å²) < 4.78 is 102. The minimum Gasteiger partial charge on any atom is -0.467 e. The fourth-order valence-electron chi connectivity index (χ4n) is 3.94. The molecular weight excluding hydrogens is 675 g/mol. The number of anilines is 1. The third-order valence-corrected chi connectivity index (χ3v) is 10.4. The molecule has 0 aliphatic carbocycles. The molecule has 0 spiro atoms. The van der Waals surface area contributed by atoms with Gasteiger partial charge in [0.2, 0.25) is 27.5 Å². The SMILES string of the molecule is COc1nc(C)nc(NC(=O)NS(=O)(=O)c2ccsc2C2(CF)OCCO2)n1.NS(=O)(=O)c1ccsc1C1(CF)OCCO1. The number of urea groups is 1. The number of hydrogen-bond donors (Lipinski definition) is 3. The van der Waals surface area contributed by atoms with Gasteiger partial charge in [-0.05, 0) is 29.8 Å². The number of thiophene rings is 2. The van der Waals surface area contributed by atoms with Gasteiger partial charge >= 0.3 is 12.0 Å². The highest BCUT2D eigenvalue weighted by Gasteiger charge is 2.45. The summed E-state index contributed by atoms with van der Waals surface area (Å²) >= 11 is 1.99. The number of alkyl halides is 2. The highest BCUT2D eigenvalue weighted by atomic mass is 32.2. The number of primary sulfonamides is 1. The first-order valence-electron chi connectivity index (χ1n) is 12.3. The lowest BCUT2D eigenvalue weighted by Crippen LogP contribution is -2.37. The van der Waals surface area contributed by atoms with E-state index in [1.54, 1.807) is 6.92 Å². The number of amides is 2. The number of sulfonamides is 2. The van der Waals surface area contributed by atoms with Gasteiger partial charge in [-0.3, -0.25) is 5.32 Å². The number of carbonyl (C=O) groups is 1. The molecule has 2 amide bonds. The molecule has 4 N–H and O–H groups in total. The van der Waals surface area contributed by atoms with Crippen molar-refractivity contribution in [1.82, 2.24) is 19.7 Å². The lowest BCUT2D eigenvalue weighted by atomic mass is 10.2. The van der Waals surface area contributed by atoms with Crippen LogP contribution < -0.4 is 19.9 Å². The van der Waals surface area contributed by atoms with Crippen molar-refractivity contribution in [2.24, 2.45) is 5.14 Å². The Hall–Kier alpha value is -2.96. The van der Waals surface area contributed by atoms with Crippen LogP contribution >= 0.6 is 22.7 Å². The normalized spacial score (nSPS) is 17.5. The maximum absolute atomic E-state index is 13.6. The van der Waals surface area contributed by atoms with Gasteiger partial charge in [-0.1, -0.05) is 0 Å². The predicted octanol–water partition coefficient (Wildman–Crippen LogP) is 1.49. The van der Waals surface area contributed by atoms with Gasteiger partial charge in [0.25, 0.3) is 10.0 Å². The predicted molar refractivity (Wildman–Crippen MR) is 150 cm³/mol. The van der Waals surface area contributed by atoms with Gasteiger partial charge in [0, 0.05) is 0 Å². The Morgan fingerprint density at radius 1 is 0.932 bits per heavy atom. The van der Waals surface area contributed by atoms with E-state index in [0.29, 0.717) is 0 Å². The van der Waals surface area contributed by atoms with Crippen LogP contribution in [0.1, 0.15) is 15.6 Å². The molecule has 2 aliphatic heterocycles. The number of nitrogens with two attached hydrogens (primary N) is 1. The van der Waals surface area contributed by atoms with E-state index in [1.807, 2.05) is 4.72 Å². The van der Waals surface area contributed by atoms with E-state index < -0.39 is 51.0 Å². The molecule has 16 nitrogen and oxygen atoms in total. The van der Waals surface area contributed by atoms with Gasteiger partial charge in [-0.25, -0.2) is 40.3 Å². The number of nitrogens with zero attached hydrogens (tertiary/aromatic N) is 3. The summed E-state index contributed by atoms with van der Waals surface area (Å²) in [5.41, 5.74) is 0. The second-order valence-electron chi connectivity index (χ2n) is 8.69. The van der Waals surface area contributed by atoms with Crippen molar-refractivity contribution < 1.29 is 54.1 Å². The Balaban J connectivity index is 0.000000233. The number of nitrogens with one attached hydrogen (secondary N) is 2. The molecule has 5 heterocycles. The monoisotopic (exact) mass is 700 g/mol. The average molecular weight is 701 g/mol. The Labute approximate surface area is 258 Å². The second-order valence-corrected chi connectivity index (χ2v) is 13.7. The van der Waals surface area contributed by atoms with E-state index in [2.05, 4.69) is 20.3 Å². The summed E-state index contributed by atoms with van der Waals surface area (Å²) in [6, 6.07) is 1.38. The third kappa shape index (κ3) is 7.29. The number of carbonyl (C=O) groups excluding carboxylic acids is 1. The molecule has 2 aliphatic rings. The van der Waals surface area contributed by atoms with Gasteiger partial charge in [0.1, 0.15) is 29.0 Å². The molecule has 242 valence electrons. The molecule has 0 radical (unpaired) electrons. The van der Waals surface area contributed by atoms with E-state index >= 15 is 0 Å². The molecule has 22 heteroatoms. The first kappa shape index (κ1) is 33.9. The van der Waals surface area contributed by atoms with Crippen LogP contribution in [-0.4, -0.2) is 84.7 Å². The number of aryl methyl sites for hydroxylation is 1. The number of ether oxygens (including phenoxy) is 5. The summed E-state index contributed by atoms with van der Waals surface area (Å²) in [5.74, 6) is -3.35. The number of methoxy groups -OCH3 is 1. The summed E-state index contributed by atoms with van der Waals surface area (Å²) in [5, 5.41) is 10.2. The molecule has 2 saturated heterocycles. The van der Waals surface area contributed by atoms with Crippen LogP contribution in [0.4, 0.5) is 19.5 Å². The Kier molecular flexibility index (Phi) is 10.5. The van der Waals surface area contributed by atoms with Gasteiger partial charge in [0.05, 0.1) is 43.3 Å². The largest absolute Gasteiger partial charge is 0.467 e. The highest BCUT2D eigenvalue weighted by molar-refractivity contribution is 7.90. The minimum atomic E-state index is -4.36. The maximum Gasteiger partial charge on any atom is 0.335 e. The number of aromatic nitrogens is 3. The fraction of sp³-hybridized carbons (Fsp3) is 0.455. The summed E-state index contributed by atoms with van der Waals surface area (Å²) in [4.78, 5) is 23.3. The first-order chi connectivity index (χ1) is 20.8. The molecular formula is C22H26F2N6O10S4. The zero-order chi connectivity index (χ0) is 32.2. The highest BCUT2D eigenvalue weighted by Crippen LogP contribution is 2.40. The van der Waals surface area contributed by atoms with E-state index in [9.17, 15) is 30.4 Å². The van der Waals surface area contributed by atoms with Crippen molar-refractivity contribution in [2.75, 3.05) is 52.2 Å². The molecule has 0 unspecified atom stereocenters. The quantitative estimate of drug-likeness (QED) is 0.288. The van der Waals surface area contributed by atoms with Crippen LogP contribution in [-0.2, 0) is 50.6 Å². The van der Waals surface area contributed by atoms with E-state index in [-0.39, 0.29) is 63.8 Å². The van der Waals surface area contributed by atoms with Crippen molar-refractivity contribution in [3.8, 4) is 6.01 Å². The van der Waals surface area contributed by atoms with Gasteiger partial charge < -0.3 is 23.7 Å². The van der Waals surface area contributed by atoms with Crippen molar-refractivity contribution in [1.29, 1.82) is 0 Å². The van der Waals surface area contributed by atoms with Gasteiger partial charge in [0.15, 0.2) is 0 Å². The second kappa shape index (κ2) is 13.6. The molecule has 3 aromatic rings. The zero-order valence-corrected chi connectivity index (χ0v) is 26.2. The lowest BCUT2D eigenvalue weighted by Gasteiger charge is -2.23. The summed E-state index contributed by atoms with van der Waals surface area (Å²) in [6.07, 6.45) is 0. The fourth-order valence-corrected chi connectivity index (χ4v) is 8.56. The molecule has 2 fully saturated rings. The van der Waals surface area contributed by atoms with E-state index in [0.717, 1.165) is 22.7 Å². The van der Waals surface area contributed by atoms with Crippen molar-refractivity contribution in [2.45, 2.75) is 28.3 Å². The Morgan fingerprint density at radius 2 is 1.43 bits per heavy atom. The Bertz CT molecular complexity index is 1690. The topological polar surface area (TPSA) is 220 Å². The van der Waals surface area contributed by atoms with Crippen molar-refractivity contribution in [3.63, 3.8) is 0 Å². The maximum atomic E-state index is 13.6. The molecule has 3 aromatic heterocycles. The first-order valence-corrected chi connectivity index (χ1v) is 17.0. The van der Waals surface area contributed by atoms with E-state index in [1.165, 1.54) is 30.0 Å². The van der Waals surface area contributed by atoms with Crippen LogP contribution in [0, 0.1) is 6.92 Å². The van der Waals surface area contributed by atoms with Crippen LogP contribution in [0.5, 0.6) is 6.01 Å². The summed E-state index contributed by atoms with van der Waals surface area (Å²) in [7, 11) is -6.92. The van der Waals surface area contributed by atoms with Crippen LogP contribution in [0.3, 0.4) is 0 Å². The van der Waals surface area contributed by atoms with Crippen LogP contribution in [0.15, 0.2) is 32.7 Å². The van der Waals surface area contributed by atoms with Gasteiger partial charge in [-0.2, -0.15) is 15.0 Å². The smallest absolute Gasteiger partial charge is 0.335 e. The molecule has 0 saturated carbocycles. The summed E-state index contributed by atoms with van der Waals surface area (Å²) in [6.45, 7) is 0.213. The number of hydrogen-bond acceptors (Lipinski definition) is 15. The molecule has 5 rings (SSSR count). The number of rotatable bonds is 9. The Morgan fingerprint density at radius 3 is 1.91 bits per heavy atom. The lowest BCUT2D eigenvalue weighted by molar-refractivity contribution is -0.175. The molecule has 0 atom stereocenters. The van der Waals surface area contributed by atoms with E-state index in [4.69, 9.17) is 28.8 Å². The molecule has 44 heavy (non-hydrogen) atoms. The molecule has 0 aromatic carbocycles. The van der Waals surface area contributed by atoms with Crippen LogP contribution in [0.25, 0.3) is 0 Å². The standard InChI is InChI=1S/C14H16FN5O6S2.C8H10FNO4S2/c1-8-16-11(19-13(17-8)24-2)18-12(21)20-28(22,23)9-3-6-27-10(9)14(7-15)25-4-5-26-14;9-5-8(13-2-3-14-8)7-6(1-4-15-7)16(10,11)12/h3,6H,4-5,7H2,1-2H3,(H2,16,17,18,19,20,21);1,4H,2-3,5H2,(H2,10,11,12). The van der Waals surface area contributed by atoms with Crippen molar-refractivity contribution in [3.05, 3.63) is 38.5 Å².